The molecule has 1 amide bonds. The number of benzene rings is 3. The second-order valence-electron chi connectivity index (χ2n) is 9.41. The van der Waals surface area contributed by atoms with Crippen LogP contribution in [-0.4, -0.2) is 16.7 Å². The molecule has 0 fully saturated rings. The molecule has 42 heavy (non-hydrogen) atoms. The van der Waals surface area contributed by atoms with Crippen LogP contribution in [0.25, 0.3) is 5.69 Å². The topological polar surface area (TPSA) is 78.0 Å². The van der Waals surface area contributed by atoms with Crippen molar-refractivity contribution in [3.63, 3.8) is 0 Å². The van der Waals surface area contributed by atoms with Gasteiger partial charge in [-0.1, -0.05) is 37.9 Å². The highest BCUT2D eigenvalue weighted by Gasteiger charge is 2.12. The van der Waals surface area contributed by atoms with Crippen LogP contribution in [0.1, 0.15) is 38.8 Å². The third kappa shape index (κ3) is 7.53. The molecule has 0 unspecified atom stereocenters. The first-order chi connectivity index (χ1) is 20.3. The molecule has 214 valence electrons. The fraction of sp³-hybridized carbons (Fsp3) is 0.125. The van der Waals surface area contributed by atoms with Crippen molar-refractivity contribution in [1.82, 2.24) is 9.99 Å². The van der Waals surface area contributed by atoms with Crippen LogP contribution < -0.4 is 14.9 Å². The average molecular weight is 803 g/mol. The molecule has 0 aliphatic rings. The number of hydrogen-bond donors (Lipinski definition) is 1. The van der Waals surface area contributed by atoms with Gasteiger partial charge in [-0.05, 0) is 121 Å². The van der Waals surface area contributed by atoms with Crippen LogP contribution in [0.3, 0.4) is 0 Å². The number of carbonyl (C=O) groups excluding carboxylic acids is 1. The van der Waals surface area contributed by atoms with Gasteiger partial charge in [0, 0.05) is 31.6 Å². The van der Waals surface area contributed by atoms with Crippen LogP contribution in [0.15, 0.2) is 103 Å². The molecule has 0 aliphatic heterocycles. The van der Waals surface area contributed by atoms with Crippen LogP contribution in [-0.2, 0) is 13.2 Å². The Morgan fingerprint density at radius 3 is 2.40 bits per heavy atom. The molecule has 10 heteroatoms. The molecule has 5 rings (SSSR count). The maximum absolute atomic E-state index is 12.5. The summed E-state index contributed by atoms with van der Waals surface area (Å²) in [6, 6.07) is 27.0. The molecule has 0 saturated carbocycles. The van der Waals surface area contributed by atoms with E-state index in [0.29, 0.717) is 18.1 Å². The smallest absolute Gasteiger partial charge is 0.307 e. The minimum Gasteiger partial charge on any atom is -0.488 e. The number of hydrogen-bond acceptors (Lipinski definition) is 5. The lowest BCUT2D eigenvalue weighted by Gasteiger charge is -2.10. The van der Waals surface area contributed by atoms with E-state index in [1.807, 2.05) is 60.7 Å². The quantitative estimate of drug-likeness (QED) is 0.0871. The standard InChI is InChI=1S/C32H26Br2IN3O4/c1-20-3-4-21(2)38(20)25-8-10-26(11-9-25)40-19-27-12-14-31(42-27)32(39)37-36-17-22-5-13-30(29(35)15-22)41-18-23-6-7-24(33)16-28(23)34/h3-17H,18-19H2,1-2H3,(H,37,39)/b36-17+. The van der Waals surface area contributed by atoms with E-state index in [2.05, 4.69) is 95.5 Å². The van der Waals surface area contributed by atoms with Crippen LogP contribution in [0.4, 0.5) is 0 Å². The Bertz CT molecular complexity index is 1730. The number of amides is 1. The van der Waals surface area contributed by atoms with Gasteiger partial charge in [0.25, 0.3) is 0 Å². The van der Waals surface area contributed by atoms with Gasteiger partial charge in [0.15, 0.2) is 5.76 Å². The molecular weight excluding hydrogens is 777 g/mol. The van der Waals surface area contributed by atoms with E-state index in [1.165, 1.54) is 11.4 Å². The number of nitrogens with one attached hydrogen (secondary N) is 1. The predicted molar refractivity (Wildman–Crippen MR) is 179 cm³/mol. The lowest BCUT2D eigenvalue weighted by atomic mass is 10.2. The lowest BCUT2D eigenvalue weighted by molar-refractivity contribution is 0.0923. The van der Waals surface area contributed by atoms with Crippen LogP contribution in [0.5, 0.6) is 11.5 Å². The van der Waals surface area contributed by atoms with Gasteiger partial charge >= 0.3 is 5.91 Å². The highest BCUT2D eigenvalue weighted by molar-refractivity contribution is 14.1. The summed E-state index contributed by atoms with van der Waals surface area (Å²) in [7, 11) is 0. The number of ether oxygens (including phenoxy) is 2. The van der Waals surface area contributed by atoms with E-state index in [4.69, 9.17) is 13.9 Å². The Kier molecular flexibility index (Phi) is 9.86. The predicted octanol–water partition coefficient (Wildman–Crippen LogP) is 8.74. The largest absolute Gasteiger partial charge is 0.488 e. The average Bonchev–Trinajstić information content (AvgIpc) is 3.58. The maximum atomic E-state index is 12.5. The zero-order valence-electron chi connectivity index (χ0n) is 22.7. The SMILES string of the molecule is Cc1ccc(C)n1-c1ccc(OCc2ccc(C(=O)N/N=C/c3ccc(OCc4ccc(Br)cc4Br)c(I)c3)o2)cc1. The van der Waals surface area contributed by atoms with Gasteiger partial charge in [-0.25, -0.2) is 5.43 Å². The van der Waals surface area contributed by atoms with Gasteiger partial charge < -0.3 is 18.5 Å². The molecule has 0 spiro atoms. The maximum Gasteiger partial charge on any atom is 0.307 e. The summed E-state index contributed by atoms with van der Waals surface area (Å²) in [5, 5.41) is 4.07. The first-order valence-corrected chi connectivity index (χ1v) is 15.6. The summed E-state index contributed by atoms with van der Waals surface area (Å²) in [6.07, 6.45) is 1.57. The number of carbonyl (C=O) groups is 1. The van der Waals surface area contributed by atoms with E-state index in [9.17, 15) is 4.79 Å². The van der Waals surface area contributed by atoms with E-state index >= 15 is 0 Å². The minimum atomic E-state index is -0.450. The van der Waals surface area contributed by atoms with E-state index in [0.717, 1.165) is 35.1 Å². The van der Waals surface area contributed by atoms with Gasteiger partial charge in [0.05, 0.1) is 9.78 Å². The van der Waals surface area contributed by atoms with Gasteiger partial charge in [0.2, 0.25) is 0 Å². The normalized spacial score (nSPS) is 11.2. The van der Waals surface area contributed by atoms with Crippen molar-refractivity contribution in [3.8, 4) is 17.2 Å². The number of aromatic nitrogens is 1. The number of halogens is 3. The first-order valence-electron chi connectivity index (χ1n) is 12.9. The van der Waals surface area contributed by atoms with Crippen molar-refractivity contribution >= 4 is 66.6 Å². The van der Waals surface area contributed by atoms with Gasteiger partial charge in [-0.3, -0.25) is 4.79 Å². The molecule has 0 saturated heterocycles. The fourth-order valence-corrected chi connectivity index (χ4v) is 6.08. The second-order valence-corrected chi connectivity index (χ2v) is 12.3. The Morgan fingerprint density at radius 2 is 1.69 bits per heavy atom. The van der Waals surface area contributed by atoms with Crippen LogP contribution in [0.2, 0.25) is 0 Å². The Labute approximate surface area is 274 Å². The number of nitrogens with zero attached hydrogens (tertiary/aromatic N) is 2. The van der Waals surface area contributed by atoms with Crippen molar-refractivity contribution in [1.29, 1.82) is 0 Å². The van der Waals surface area contributed by atoms with Crippen molar-refractivity contribution in [3.05, 3.63) is 131 Å². The number of hydrazone groups is 1. The van der Waals surface area contributed by atoms with Crippen molar-refractivity contribution in [2.75, 3.05) is 0 Å². The summed E-state index contributed by atoms with van der Waals surface area (Å²) < 4.78 is 22.6. The molecule has 0 bridgehead atoms. The lowest BCUT2D eigenvalue weighted by Crippen LogP contribution is -2.16. The zero-order chi connectivity index (χ0) is 29.6. The number of aryl methyl sites for hydroxylation is 2. The van der Waals surface area contributed by atoms with Crippen LogP contribution in [0, 0.1) is 17.4 Å². The molecule has 7 nitrogen and oxygen atoms in total. The summed E-state index contributed by atoms with van der Waals surface area (Å²) in [5.41, 5.74) is 7.79. The number of rotatable bonds is 10. The van der Waals surface area contributed by atoms with E-state index < -0.39 is 5.91 Å². The fourth-order valence-electron chi connectivity index (χ4n) is 4.23. The summed E-state index contributed by atoms with van der Waals surface area (Å²) in [5.74, 6) is 1.70. The second kappa shape index (κ2) is 13.7. The summed E-state index contributed by atoms with van der Waals surface area (Å²) in [6.45, 7) is 4.79. The van der Waals surface area contributed by atoms with Crippen molar-refractivity contribution < 1.29 is 18.7 Å². The molecule has 5 aromatic rings. The third-order valence-electron chi connectivity index (χ3n) is 6.37. The molecule has 0 atom stereocenters. The molecule has 0 radical (unpaired) electrons. The monoisotopic (exact) mass is 801 g/mol. The van der Waals surface area contributed by atoms with Gasteiger partial charge in [-0.2, -0.15) is 5.10 Å². The van der Waals surface area contributed by atoms with E-state index in [-0.39, 0.29) is 12.4 Å². The first kappa shape index (κ1) is 30.1. The summed E-state index contributed by atoms with van der Waals surface area (Å²) in [4.78, 5) is 12.5. The zero-order valence-corrected chi connectivity index (χ0v) is 28.1. The Balaban J connectivity index is 1.11. The highest BCUT2D eigenvalue weighted by atomic mass is 127. The molecule has 1 N–H and O–H groups in total. The molecule has 3 aromatic carbocycles. The van der Waals surface area contributed by atoms with Crippen molar-refractivity contribution in [2.45, 2.75) is 27.1 Å². The Morgan fingerprint density at radius 1 is 0.929 bits per heavy atom. The molecular formula is C32H26Br2IN3O4. The highest BCUT2D eigenvalue weighted by Crippen LogP contribution is 2.26. The van der Waals surface area contributed by atoms with Crippen LogP contribution >= 0.6 is 54.5 Å². The minimum absolute atomic E-state index is 0.150. The third-order valence-corrected chi connectivity index (χ3v) is 8.44. The molecule has 2 heterocycles. The molecule has 0 aliphatic carbocycles. The van der Waals surface area contributed by atoms with E-state index in [1.54, 1.807) is 18.3 Å². The summed E-state index contributed by atoms with van der Waals surface area (Å²) >= 11 is 9.24. The molecule has 2 aromatic heterocycles. The number of furan rings is 1. The van der Waals surface area contributed by atoms with Gasteiger partial charge in [0.1, 0.15) is 30.5 Å². The van der Waals surface area contributed by atoms with Gasteiger partial charge in [-0.15, -0.1) is 0 Å². The Hall–Kier alpha value is -3.35. The van der Waals surface area contributed by atoms with Crippen molar-refractivity contribution in [2.24, 2.45) is 5.10 Å².